The summed E-state index contributed by atoms with van der Waals surface area (Å²) in [7, 11) is 0. The molecule has 2 aromatic carbocycles. The van der Waals surface area contributed by atoms with Crippen LogP contribution in [0, 0.1) is 5.82 Å². The molecule has 1 fully saturated rings. The lowest BCUT2D eigenvalue weighted by molar-refractivity contribution is -0.157. The topological polar surface area (TPSA) is 53.1 Å². The highest BCUT2D eigenvalue weighted by Gasteiger charge is 2.52. The van der Waals surface area contributed by atoms with Crippen molar-refractivity contribution >= 4 is 17.5 Å². The number of piperazine rings is 1. The number of hydrogen-bond acceptors (Lipinski definition) is 4. The number of amides is 2. The maximum Gasteiger partial charge on any atom is 0.280 e. The van der Waals surface area contributed by atoms with Gasteiger partial charge in [0.25, 0.3) is 17.4 Å². The zero-order valence-electron chi connectivity index (χ0n) is 17.3. The zero-order chi connectivity index (χ0) is 21.3. The van der Waals surface area contributed by atoms with Gasteiger partial charge in [-0.15, -0.1) is 0 Å². The first kappa shape index (κ1) is 20.3. The van der Waals surface area contributed by atoms with E-state index in [1.165, 1.54) is 6.07 Å². The molecule has 30 heavy (non-hydrogen) atoms. The van der Waals surface area contributed by atoms with E-state index in [4.69, 9.17) is 4.74 Å². The zero-order valence-corrected chi connectivity index (χ0v) is 17.3. The molecule has 2 heterocycles. The lowest BCUT2D eigenvalue weighted by atomic mass is 9.98. The van der Waals surface area contributed by atoms with Crippen molar-refractivity contribution < 1.29 is 18.7 Å². The van der Waals surface area contributed by atoms with Crippen molar-refractivity contribution in [2.45, 2.75) is 26.0 Å². The van der Waals surface area contributed by atoms with Gasteiger partial charge in [0.05, 0.1) is 5.69 Å². The quantitative estimate of drug-likeness (QED) is 0.726. The van der Waals surface area contributed by atoms with E-state index >= 15 is 0 Å². The van der Waals surface area contributed by atoms with Gasteiger partial charge in [-0.05, 0) is 32.0 Å². The van der Waals surface area contributed by atoms with E-state index in [0.717, 1.165) is 0 Å². The van der Waals surface area contributed by atoms with E-state index in [0.29, 0.717) is 56.3 Å². The van der Waals surface area contributed by atoms with Crippen molar-refractivity contribution in [1.29, 1.82) is 0 Å². The van der Waals surface area contributed by atoms with Gasteiger partial charge in [-0.2, -0.15) is 0 Å². The van der Waals surface area contributed by atoms with Crippen LogP contribution in [0.25, 0.3) is 0 Å². The summed E-state index contributed by atoms with van der Waals surface area (Å²) in [5, 5.41) is 0. The van der Waals surface area contributed by atoms with Crippen LogP contribution >= 0.6 is 0 Å². The average molecular weight is 411 g/mol. The van der Waals surface area contributed by atoms with Crippen LogP contribution in [-0.4, -0.2) is 59.9 Å². The van der Waals surface area contributed by atoms with Crippen LogP contribution in [0.15, 0.2) is 48.5 Å². The summed E-state index contributed by atoms with van der Waals surface area (Å²) < 4.78 is 19.9. The lowest BCUT2D eigenvalue weighted by Crippen LogP contribution is -2.64. The molecule has 2 aliphatic heterocycles. The molecular weight excluding hydrogens is 385 g/mol. The Hall–Kier alpha value is -2.93. The number of rotatable bonds is 4. The number of hydrogen-bond donors (Lipinski definition) is 0. The molecule has 6 nitrogen and oxygen atoms in total. The number of ether oxygens (including phenoxy) is 1. The second-order valence-corrected chi connectivity index (χ2v) is 7.81. The number of anilines is 1. The minimum atomic E-state index is -1.59. The second-order valence-electron chi connectivity index (χ2n) is 7.81. The molecule has 2 amide bonds. The molecule has 0 spiro atoms. The van der Waals surface area contributed by atoms with E-state index in [2.05, 4.69) is 4.90 Å². The summed E-state index contributed by atoms with van der Waals surface area (Å²) in [6.07, 6.45) is 0. The molecule has 4 rings (SSSR count). The van der Waals surface area contributed by atoms with E-state index in [9.17, 15) is 14.0 Å². The normalized spacial score (nSPS) is 21.9. The molecule has 2 aliphatic rings. The SMILES string of the molecule is CCN1C(=O)C(C)(C(=O)N2CCN(Cc3ccccc3F)CC2)Oc2ccccc21. The van der Waals surface area contributed by atoms with Crippen LogP contribution in [0.3, 0.4) is 0 Å². The predicted molar refractivity (Wildman–Crippen MR) is 112 cm³/mol. The Morgan fingerprint density at radius 3 is 2.43 bits per heavy atom. The fourth-order valence-corrected chi connectivity index (χ4v) is 4.12. The van der Waals surface area contributed by atoms with Crippen molar-refractivity contribution in [2.24, 2.45) is 0 Å². The minimum Gasteiger partial charge on any atom is -0.465 e. The van der Waals surface area contributed by atoms with Crippen LogP contribution in [0.5, 0.6) is 5.75 Å². The Labute approximate surface area is 175 Å². The first-order valence-electron chi connectivity index (χ1n) is 10.3. The average Bonchev–Trinajstić information content (AvgIpc) is 2.76. The summed E-state index contributed by atoms with van der Waals surface area (Å²) in [5.41, 5.74) is -0.256. The third-order valence-corrected chi connectivity index (χ3v) is 5.86. The maximum absolute atomic E-state index is 13.9. The van der Waals surface area contributed by atoms with Crippen LogP contribution in [0.2, 0.25) is 0 Å². The van der Waals surface area contributed by atoms with Gasteiger partial charge >= 0.3 is 0 Å². The summed E-state index contributed by atoms with van der Waals surface area (Å²) in [6, 6.07) is 14.0. The summed E-state index contributed by atoms with van der Waals surface area (Å²) in [4.78, 5) is 31.9. The van der Waals surface area contributed by atoms with Crippen molar-refractivity contribution in [3.63, 3.8) is 0 Å². The number of carbonyl (C=O) groups excluding carboxylic acids is 2. The monoisotopic (exact) mass is 411 g/mol. The van der Waals surface area contributed by atoms with Gasteiger partial charge in [0.15, 0.2) is 0 Å². The van der Waals surface area contributed by atoms with Gasteiger partial charge in [-0.1, -0.05) is 30.3 Å². The summed E-state index contributed by atoms with van der Waals surface area (Å²) >= 11 is 0. The Bertz CT molecular complexity index is 958. The molecule has 0 saturated carbocycles. The van der Waals surface area contributed by atoms with Gasteiger partial charge in [0.2, 0.25) is 0 Å². The molecular formula is C23H26FN3O3. The molecule has 0 N–H and O–H groups in total. The number of carbonyl (C=O) groups is 2. The highest BCUT2D eigenvalue weighted by Crippen LogP contribution is 2.38. The largest absolute Gasteiger partial charge is 0.465 e. The first-order chi connectivity index (χ1) is 14.4. The second kappa shape index (κ2) is 8.07. The van der Waals surface area contributed by atoms with Crippen molar-refractivity contribution in [1.82, 2.24) is 9.80 Å². The van der Waals surface area contributed by atoms with Gasteiger partial charge in [0, 0.05) is 44.8 Å². The third-order valence-electron chi connectivity index (χ3n) is 5.86. The van der Waals surface area contributed by atoms with Gasteiger partial charge in [-0.3, -0.25) is 14.5 Å². The molecule has 0 bridgehead atoms. The van der Waals surface area contributed by atoms with Crippen molar-refractivity contribution in [3.8, 4) is 5.75 Å². The number of fused-ring (bicyclic) bond motifs is 1. The molecule has 1 saturated heterocycles. The Morgan fingerprint density at radius 1 is 1.07 bits per heavy atom. The third kappa shape index (κ3) is 3.54. The van der Waals surface area contributed by atoms with Crippen molar-refractivity contribution in [3.05, 3.63) is 59.9 Å². The minimum absolute atomic E-state index is 0.219. The fraction of sp³-hybridized carbons (Fsp3) is 0.391. The highest BCUT2D eigenvalue weighted by atomic mass is 19.1. The lowest BCUT2D eigenvalue weighted by Gasteiger charge is -2.43. The molecule has 0 radical (unpaired) electrons. The molecule has 1 unspecified atom stereocenters. The first-order valence-corrected chi connectivity index (χ1v) is 10.3. The van der Waals surface area contributed by atoms with Crippen molar-refractivity contribution in [2.75, 3.05) is 37.6 Å². The smallest absolute Gasteiger partial charge is 0.280 e. The molecule has 7 heteroatoms. The summed E-state index contributed by atoms with van der Waals surface area (Å²) in [6.45, 7) is 6.54. The van der Waals surface area contributed by atoms with E-state index in [-0.39, 0.29) is 17.6 Å². The Morgan fingerprint density at radius 2 is 1.73 bits per heavy atom. The van der Waals surface area contributed by atoms with Crippen LogP contribution in [-0.2, 0) is 16.1 Å². The predicted octanol–water partition coefficient (Wildman–Crippen LogP) is 2.67. The maximum atomic E-state index is 13.9. The number of nitrogens with zero attached hydrogens (tertiary/aromatic N) is 3. The van der Waals surface area contributed by atoms with Crippen LogP contribution in [0.1, 0.15) is 19.4 Å². The Kier molecular flexibility index (Phi) is 5.47. The number of para-hydroxylation sites is 2. The Balaban J connectivity index is 1.46. The highest BCUT2D eigenvalue weighted by molar-refractivity contribution is 6.16. The number of likely N-dealkylation sites (N-methyl/N-ethyl adjacent to an activating group) is 1. The molecule has 2 aromatic rings. The van der Waals surface area contributed by atoms with E-state index < -0.39 is 5.60 Å². The number of halogens is 1. The van der Waals surface area contributed by atoms with Gasteiger partial charge in [-0.25, -0.2) is 4.39 Å². The molecule has 0 aliphatic carbocycles. The summed E-state index contributed by atoms with van der Waals surface area (Å²) in [5.74, 6) is -0.357. The van der Waals surface area contributed by atoms with Crippen LogP contribution < -0.4 is 9.64 Å². The van der Waals surface area contributed by atoms with E-state index in [1.807, 2.05) is 31.2 Å². The molecule has 1 atom stereocenters. The molecule has 158 valence electrons. The number of benzene rings is 2. The van der Waals surface area contributed by atoms with E-state index in [1.54, 1.807) is 34.9 Å². The van der Waals surface area contributed by atoms with Crippen LogP contribution in [0.4, 0.5) is 10.1 Å². The molecule has 0 aromatic heterocycles. The standard InChI is InChI=1S/C23H26FN3O3/c1-3-27-19-10-6-7-11-20(19)30-23(2,22(27)29)21(28)26-14-12-25(13-15-26)16-17-8-4-5-9-18(17)24/h4-11H,3,12-16H2,1-2H3. The fourth-order valence-electron chi connectivity index (χ4n) is 4.12. The van der Waals surface area contributed by atoms with Gasteiger partial charge < -0.3 is 14.5 Å². The van der Waals surface area contributed by atoms with Gasteiger partial charge in [0.1, 0.15) is 11.6 Å².